The van der Waals surface area contributed by atoms with Crippen molar-refractivity contribution in [2.24, 2.45) is 0 Å². The molecule has 1 saturated heterocycles. The molecule has 5 nitrogen and oxygen atoms in total. The molecule has 1 fully saturated rings. The molecular weight excluding hydrogens is 234 g/mol. The Morgan fingerprint density at radius 1 is 1.44 bits per heavy atom. The highest BCUT2D eigenvalue weighted by molar-refractivity contribution is 5.91. The summed E-state index contributed by atoms with van der Waals surface area (Å²) in [7, 11) is 0. The third-order valence-electron chi connectivity index (χ3n) is 2.99. The first-order valence-electron chi connectivity index (χ1n) is 5.88. The van der Waals surface area contributed by atoms with Crippen LogP contribution in [0.5, 0.6) is 0 Å². The van der Waals surface area contributed by atoms with E-state index in [1.807, 2.05) is 31.2 Å². The van der Waals surface area contributed by atoms with E-state index in [4.69, 9.17) is 9.84 Å². The van der Waals surface area contributed by atoms with Gasteiger partial charge in [0.2, 0.25) is 0 Å². The molecule has 0 saturated carbocycles. The largest absolute Gasteiger partial charge is 0.481 e. The summed E-state index contributed by atoms with van der Waals surface area (Å²) in [6, 6.07) is 7.07. The lowest BCUT2D eigenvalue weighted by Crippen LogP contribution is -2.35. The Hall–Kier alpha value is -2.04. The number of nitrogens with zero attached hydrogens (tertiary/aromatic N) is 1. The number of anilines is 1. The SMILES string of the molecule is CCc1ccc(N2C(=O)OCC2CC(=O)O)cc1. The molecule has 0 spiro atoms. The number of cyclic esters (lactones) is 1. The summed E-state index contributed by atoms with van der Waals surface area (Å²) < 4.78 is 4.91. The van der Waals surface area contributed by atoms with E-state index in [9.17, 15) is 9.59 Å². The second-order valence-electron chi connectivity index (χ2n) is 4.22. The van der Waals surface area contributed by atoms with Gasteiger partial charge in [0.1, 0.15) is 6.61 Å². The van der Waals surface area contributed by atoms with Gasteiger partial charge in [-0.25, -0.2) is 4.79 Å². The minimum Gasteiger partial charge on any atom is -0.481 e. The normalized spacial score (nSPS) is 18.8. The zero-order chi connectivity index (χ0) is 13.1. The quantitative estimate of drug-likeness (QED) is 0.886. The molecule has 1 unspecified atom stereocenters. The molecule has 1 N–H and O–H groups in total. The van der Waals surface area contributed by atoms with E-state index in [0.717, 1.165) is 6.42 Å². The van der Waals surface area contributed by atoms with Crippen LogP contribution >= 0.6 is 0 Å². The minimum absolute atomic E-state index is 0.110. The number of ether oxygens (including phenoxy) is 1. The van der Waals surface area contributed by atoms with Crippen molar-refractivity contribution in [3.63, 3.8) is 0 Å². The summed E-state index contributed by atoms with van der Waals surface area (Å²) in [6.07, 6.45) is 0.329. The van der Waals surface area contributed by atoms with Crippen LogP contribution < -0.4 is 4.90 Å². The van der Waals surface area contributed by atoms with Crippen molar-refractivity contribution in [1.82, 2.24) is 0 Å². The highest BCUT2D eigenvalue weighted by Crippen LogP contribution is 2.25. The third-order valence-corrected chi connectivity index (χ3v) is 2.99. The van der Waals surface area contributed by atoms with Crippen LogP contribution in [-0.4, -0.2) is 29.8 Å². The number of rotatable bonds is 4. The second-order valence-corrected chi connectivity index (χ2v) is 4.22. The van der Waals surface area contributed by atoms with Crippen molar-refractivity contribution in [3.05, 3.63) is 29.8 Å². The van der Waals surface area contributed by atoms with Gasteiger partial charge in [0.25, 0.3) is 0 Å². The van der Waals surface area contributed by atoms with E-state index in [0.29, 0.717) is 5.69 Å². The smallest absolute Gasteiger partial charge is 0.414 e. The van der Waals surface area contributed by atoms with E-state index in [-0.39, 0.29) is 13.0 Å². The summed E-state index contributed by atoms with van der Waals surface area (Å²) in [5.41, 5.74) is 1.85. The number of hydrogen-bond donors (Lipinski definition) is 1. The molecule has 18 heavy (non-hydrogen) atoms. The van der Waals surface area contributed by atoms with Crippen molar-refractivity contribution in [3.8, 4) is 0 Å². The molecule has 1 atom stereocenters. The first kappa shape index (κ1) is 12.4. The molecule has 1 heterocycles. The lowest BCUT2D eigenvalue weighted by molar-refractivity contribution is -0.137. The summed E-state index contributed by atoms with van der Waals surface area (Å²) in [6.45, 7) is 2.17. The lowest BCUT2D eigenvalue weighted by atomic mass is 10.1. The van der Waals surface area contributed by atoms with Gasteiger partial charge in [-0.2, -0.15) is 0 Å². The van der Waals surface area contributed by atoms with Gasteiger partial charge in [-0.3, -0.25) is 9.69 Å². The van der Waals surface area contributed by atoms with Crippen LogP contribution in [0.1, 0.15) is 18.9 Å². The number of aryl methyl sites for hydroxylation is 1. The van der Waals surface area contributed by atoms with Gasteiger partial charge < -0.3 is 9.84 Å². The molecule has 1 aliphatic rings. The van der Waals surface area contributed by atoms with Crippen molar-refractivity contribution < 1.29 is 19.4 Å². The fraction of sp³-hybridized carbons (Fsp3) is 0.385. The van der Waals surface area contributed by atoms with Crippen molar-refractivity contribution in [2.75, 3.05) is 11.5 Å². The average molecular weight is 249 g/mol. The van der Waals surface area contributed by atoms with Crippen LogP contribution in [0.25, 0.3) is 0 Å². The van der Waals surface area contributed by atoms with Gasteiger partial charge in [-0.15, -0.1) is 0 Å². The van der Waals surface area contributed by atoms with Crippen LogP contribution in [0, 0.1) is 0 Å². The number of carbonyl (C=O) groups excluding carboxylic acids is 1. The number of benzene rings is 1. The highest BCUT2D eigenvalue weighted by Gasteiger charge is 2.35. The second kappa shape index (κ2) is 5.08. The van der Waals surface area contributed by atoms with Crippen molar-refractivity contribution >= 4 is 17.7 Å². The molecule has 0 aromatic heterocycles. The number of aliphatic carboxylic acids is 1. The summed E-state index contributed by atoms with van der Waals surface area (Å²) >= 11 is 0. The molecule has 0 aliphatic carbocycles. The topological polar surface area (TPSA) is 66.8 Å². The zero-order valence-electron chi connectivity index (χ0n) is 10.1. The summed E-state index contributed by atoms with van der Waals surface area (Å²) in [4.78, 5) is 23.8. The molecule has 1 aliphatic heterocycles. The number of carboxylic acid groups (broad SMARTS) is 1. The maximum absolute atomic E-state index is 11.6. The average Bonchev–Trinajstić information content (AvgIpc) is 2.70. The van der Waals surface area contributed by atoms with E-state index >= 15 is 0 Å². The van der Waals surface area contributed by atoms with Gasteiger partial charge in [0.15, 0.2) is 0 Å². The predicted molar refractivity (Wildman–Crippen MR) is 65.7 cm³/mol. The van der Waals surface area contributed by atoms with Crippen LogP contribution in [0.4, 0.5) is 10.5 Å². The molecular formula is C13H15NO4. The zero-order valence-corrected chi connectivity index (χ0v) is 10.1. The molecule has 0 bridgehead atoms. The standard InChI is InChI=1S/C13H15NO4/c1-2-9-3-5-10(6-4-9)14-11(7-12(15)16)8-18-13(14)17/h3-6,11H,2,7-8H2,1H3,(H,15,16). The Morgan fingerprint density at radius 2 is 2.11 bits per heavy atom. The van der Waals surface area contributed by atoms with Gasteiger partial charge in [0, 0.05) is 5.69 Å². The van der Waals surface area contributed by atoms with Gasteiger partial charge in [0.05, 0.1) is 12.5 Å². The van der Waals surface area contributed by atoms with Crippen molar-refractivity contribution in [1.29, 1.82) is 0 Å². The fourth-order valence-electron chi connectivity index (χ4n) is 2.02. The van der Waals surface area contributed by atoms with E-state index in [1.54, 1.807) is 0 Å². The first-order chi connectivity index (χ1) is 8.61. The Labute approximate surface area is 105 Å². The molecule has 2 rings (SSSR count). The maximum Gasteiger partial charge on any atom is 0.414 e. The van der Waals surface area contributed by atoms with Crippen LogP contribution in [0.2, 0.25) is 0 Å². The summed E-state index contributed by atoms with van der Waals surface area (Å²) in [5, 5.41) is 8.81. The van der Waals surface area contributed by atoms with Crippen LogP contribution in [0.3, 0.4) is 0 Å². The monoisotopic (exact) mass is 249 g/mol. The molecule has 1 aromatic carbocycles. The molecule has 5 heteroatoms. The minimum atomic E-state index is -0.937. The third kappa shape index (κ3) is 2.45. The maximum atomic E-state index is 11.6. The Bertz CT molecular complexity index is 455. The number of amides is 1. The van der Waals surface area contributed by atoms with Crippen LogP contribution in [-0.2, 0) is 16.0 Å². The van der Waals surface area contributed by atoms with Crippen LogP contribution in [0.15, 0.2) is 24.3 Å². The lowest BCUT2D eigenvalue weighted by Gasteiger charge is -2.20. The van der Waals surface area contributed by atoms with Gasteiger partial charge in [-0.1, -0.05) is 19.1 Å². The fourth-order valence-corrected chi connectivity index (χ4v) is 2.02. The molecule has 1 aromatic rings. The summed E-state index contributed by atoms with van der Waals surface area (Å²) in [5.74, 6) is -0.937. The first-order valence-corrected chi connectivity index (χ1v) is 5.88. The highest BCUT2D eigenvalue weighted by atomic mass is 16.6. The Morgan fingerprint density at radius 3 is 2.67 bits per heavy atom. The number of carbonyl (C=O) groups is 2. The Kier molecular flexibility index (Phi) is 3.50. The Balaban J connectivity index is 2.21. The number of carboxylic acids is 1. The molecule has 1 amide bonds. The van der Waals surface area contributed by atoms with E-state index in [1.165, 1.54) is 10.5 Å². The van der Waals surface area contributed by atoms with Gasteiger partial charge >= 0.3 is 12.1 Å². The van der Waals surface area contributed by atoms with Gasteiger partial charge in [-0.05, 0) is 24.1 Å². The number of hydrogen-bond acceptors (Lipinski definition) is 3. The molecule has 96 valence electrons. The van der Waals surface area contributed by atoms with E-state index in [2.05, 4.69) is 0 Å². The van der Waals surface area contributed by atoms with Crippen molar-refractivity contribution in [2.45, 2.75) is 25.8 Å². The predicted octanol–water partition coefficient (Wildman–Crippen LogP) is 2.05. The molecule has 0 radical (unpaired) electrons. The van der Waals surface area contributed by atoms with E-state index < -0.39 is 18.1 Å².